The number of fused-ring (bicyclic) bond motifs is 1. The molecule has 5 nitrogen and oxygen atoms in total. The molecule has 35 heavy (non-hydrogen) atoms. The maximum atomic E-state index is 12.9. The number of hydrogen-bond donors (Lipinski definition) is 1. The molecule has 2 aromatic heterocycles. The number of piperidine rings is 1. The van der Waals surface area contributed by atoms with E-state index in [4.69, 9.17) is 23.2 Å². The predicted octanol–water partition coefficient (Wildman–Crippen LogP) is 7.14. The van der Waals surface area contributed by atoms with Crippen LogP contribution in [-0.2, 0) is 0 Å². The molecule has 0 bridgehead atoms. The van der Waals surface area contributed by atoms with Gasteiger partial charge >= 0.3 is 0 Å². The number of pyridine rings is 1. The van der Waals surface area contributed by atoms with Crippen molar-refractivity contribution in [2.45, 2.75) is 18.8 Å². The number of anilines is 1. The first-order valence-corrected chi connectivity index (χ1v) is 13.1. The van der Waals surface area contributed by atoms with E-state index in [2.05, 4.69) is 32.3 Å². The standard InChI is InChI=1S/C27H24Cl2N4OS/c28-21-5-3-18(4-6-21)2-1-15-33-16-11-19(12-17-33)24-22(7-8-23-25(24)32-27(29)35-23)31-26(34)20-9-13-30-14-10-20/h1-10,13-14,19H,11-12,15-17H2,(H,31,34)/b2-1+. The number of nitrogens with one attached hydrogen (secondary N) is 1. The van der Waals surface area contributed by atoms with Crippen molar-refractivity contribution < 1.29 is 4.79 Å². The number of halogens is 2. The second kappa shape index (κ2) is 10.9. The summed E-state index contributed by atoms with van der Waals surface area (Å²) in [5, 5.41) is 3.86. The van der Waals surface area contributed by atoms with Crippen LogP contribution in [0, 0.1) is 0 Å². The Labute approximate surface area is 218 Å². The zero-order valence-corrected chi connectivity index (χ0v) is 21.3. The van der Waals surface area contributed by atoms with Crippen molar-refractivity contribution in [1.29, 1.82) is 0 Å². The van der Waals surface area contributed by atoms with Gasteiger partial charge in [-0.15, -0.1) is 11.3 Å². The van der Waals surface area contributed by atoms with Gasteiger partial charge in [-0.3, -0.25) is 14.7 Å². The first kappa shape index (κ1) is 23.9. The number of nitrogens with zero attached hydrogens (tertiary/aromatic N) is 3. The van der Waals surface area contributed by atoms with Gasteiger partial charge < -0.3 is 5.32 Å². The molecule has 0 saturated carbocycles. The van der Waals surface area contributed by atoms with Gasteiger partial charge in [0.15, 0.2) is 4.47 Å². The minimum atomic E-state index is -0.154. The Kier molecular flexibility index (Phi) is 7.44. The maximum absolute atomic E-state index is 12.9. The van der Waals surface area contributed by atoms with Crippen LogP contribution in [0.2, 0.25) is 9.49 Å². The van der Waals surface area contributed by atoms with Crippen molar-refractivity contribution in [3.05, 3.63) is 93.2 Å². The largest absolute Gasteiger partial charge is 0.322 e. The molecule has 1 amide bonds. The lowest BCUT2D eigenvalue weighted by Gasteiger charge is -2.32. The summed E-state index contributed by atoms with van der Waals surface area (Å²) in [7, 11) is 0. The number of likely N-dealkylation sites (tertiary alicyclic amines) is 1. The Hall–Kier alpha value is -2.77. The molecule has 1 fully saturated rings. The van der Waals surface area contributed by atoms with Crippen LogP contribution in [0.4, 0.5) is 5.69 Å². The molecule has 4 aromatic rings. The SMILES string of the molecule is O=C(Nc1ccc2sc(Cl)nc2c1C1CCN(C/C=C/c2ccc(Cl)cc2)CC1)c1ccncc1. The van der Waals surface area contributed by atoms with E-state index in [1.165, 1.54) is 11.3 Å². The third-order valence-corrected chi connectivity index (χ3v) is 7.68. The van der Waals surface area contributed by atoms with Gasteiger partial charge in [-0.25, -0.2) is 4.98 Å². The van der Waals surface area contributed by atoms with Crippen molar-refractivity contribution in [2.75, 3.05) is 25.0 Å². The smallest absolute Gasteiger partial charge is 0.255 e. The lowest BCUT2D eigenvalue weighted by molar-refractivity contribution is 0.102. The molecule has 1 saturated heterocycles. The van der Waals surface area contributed by atoms with Gasteiger partial charge in [0, 0.05) is 40.8 Å². The van der Waals surface area contributed by atoms with Crippen molar-refractivity contribution in [2.24, 2.45) is 0 Å². The third-order valence-electron chi connectivity index (χ3n) is 6.30. The molecular weight excluding hydrogens is 499 g/mol. The fraction of sp³-hybridized carbons (Fsp3) is 0.222. The van der Waals surface area contributed by atoms with Crippen molar-refractivity contribution in [3.63, 3.8) is 0 Å². The van der Waals surface area contributed by atoms with Crippen LogP contribution in [0.1, 0.15) is 40.2 Å². The van der Waals surface area contributed by atoms with Gasteiger partial charge in [0.1, 0.15) is 0 Å². The van der Waals surface area contributed by atoms with Crippen LogP contribution in [-0.4, -0.2) is 40.4 Å². The summed E-state index contributed by atoms with van der Waals surface area (Å²) in [6, 6.07) is 15.2. The molecule has 0 spiro atoms. The molecule has 3 heterocycles. The number of benzene rings is 2. The van der Waals surface area contributed by atoms with Crippen molar-refractivity contribution in [1.82, 2.24) is 14.9 Å². The number of carbonyl (C=O) groups is 1. The molecule has 8 heteroatoms. The van der Waals surface area contributed by atoms with Crippen LogP contribution in [0.25, 0.3) is 16.3 Å². The number of aromatic nitrogens is 2. The van der Waals surface area contributed by atoms with E-state index in [0.717, 1.165) is 64.5 Å². The molecule has 1 aliphatic rings. The molecule has 0 unspecified atom stereocenters. The highest BCUT2D eigenvalue weighted by Gasteiger charge is 2.26. The first-order chi connectivity index (χ1) is 17.1. The zero-order valence-electron chi connectivity index (χ0n) is 19.0. The molecule has 0 radical (unpaired) electrons. The summed E-state index contributed by atoms with van der Waals surface area (Å²) >= 11 is 13.7. The summed E-state index contributed by atoms with van der Waals surface area (Å²) < 4.78 is 1.56. The Morgan fingerprint density at radius 1 is 1.06 bits per heavy atom. The van der Waals surface area contributed by atoms with E-state index in [1.54, 1.807) is 24.5 Å². The average Bonchev–Trinajstić information content (AvgIpc) is 3.26. The summed E-state index contributed by atoms with van der Waals surface area (Å²) in [5.74, 6) is 0.139. The first-order valence-electron chi connectivity index (χ1n) is 11.5. The van der Waals surface area contributed by atoms with E-state index in [9.17, 15) is 4.79 Å². The highest BCUT2D eigenvalue weighted by Crippen LogP contribution is 2.40. The van der Waals surface area contributed by atoms with E-state index >= 15 is 0 Å². The zero-order chi connectivity index (χ0) is 24.2. The minimum absolute atomic E-state index is 0.154. The van der Waals surface area contributed by atoms with Gasteiger partial charge in [-0.2, -0.15) is 0 Å². The van der Waals surface area contributed by atoms with Crippen LogP contribution in [0.15, 0.2) is 67.0 Å². The van der Waals surface area contributed by atoms with Crippen LogP contribution in [0.5, 0.6) is 0 Å². The number of carbonyl (C=O) groups excluding carboxylic acids is 1. The normalized spacial score (nSPS) is 15.1. The topological polar surface area (TPSA) is 58.1 Å². The summed E-state index contributed by atoms with van der Waals surface area (Å²) in [5.41, 5.74) is 4.51. The van der Waals surface area contributed by atoms with E-state index in [-0.39, 0.29) is 5.91 Å². The number of hydrogen-bond acceptors (Lipinski definition) is 5. The minimum Gasteiger partial charge on any atom is -0.322 e. The monoisotopic (exact) mass is 522 g/mol. The molecule has 5 rings (SSSR count). The highest BCUT2D eigenvalue weighted by molar-refractivity contribution is 7.22. The summed E-state index contributed by atoms with van der Waals surface area (Å²) in [4.78, 5) is 24.0. The van der Waals surface area contributed by atoms with Gasteiger partial charge in [0.05, 0.1) is 10.2 Å². The fourth-order valence-electron chi connectivity index (χ4n) is 4.52. The van der Waals surface area contributed by atoms with Gasteiger partial charge in [0.25, 0.3) is 5.91 Å². The molecule has 0 aliphatic carbocycles. The van der Waals surface area contributed by atoms with E-state index in [1.807, 2.05) is 36.4 Å². The third kappa shape index (κ3) is 5.73. The van der Waals surface area contributed by atoms with E-state index < -0.39 is 0 Å². The lowest BCUT2D eigenvalue weighted by atomic mass is 9.87. The van der Waals surface area contributed by atoms with Crippen LogP contribution < -0.4 is 5.32 Å². The molecule has 1 aliphatic heterocycles. The molecule has 0 atom stereocenters. The summed E-state index contributed by atoms with van der Waals surface area (Å²) in [6.07, 6.45) is 9.55. The fourth-order valence-corrected chi connectivity index (χ4v) is 5.69. The Balaban J connectivity index is 1.31. The predicted molar refractivity (Wildman–Crippen MR) is 146 cm³/mol. The average molecular weight is 523 g/mol. The molecular formula is C27H24Cl2N4OS. The molecule has 2 aromatic carbocycles. The Bertz CT molecular complexity index is 1350. The van der Waals surface area contributed by atoms with Gasteiger partial charge in [0.2, 0.25) is 0 Å². The van der Waals surface area contributed by atoms with Crippen molar-refractivity contribution in [3.8, 4) is 0 Å². The quantitative estimate of drug-likeness (QED) is 0.292. The highest BCUT2D eigenvalue weighted by atomic mass is 35.5. The van der Waals surface area contributed by atoms with Crippen LogP contribution in [0.3, 0.4) is 0 Å². The molecule has 178 valence electrons. The maximum Gasteiger partial charge on any atom is 0.255 e. The Morgan fingerprint density at radius 2 is 1.80 bits per heavy atom. The van der Waals surface area contributed by atoms with Gasteiger partial charge in [-0.05, 0) is 73.8 Å². The number of amides is 1. The second-order valence-corrected chi connectivity index (χ2v) is 10.6. The van der Waals surface area contributed by atoms with Crippen molar-refractivity contribution >= 4 is 62.4 Å². The number of rotatable bonds is 6. The lowest BCUT2D eigenvalue weighted by Crippen LogP contribution is -2.33. The number of thiazole rings is 1. The summed E-state index contributed by atoms with van der Waals surface area (Å²) in [6.45, 7) is 2.84. The second-order valence-electron chi connectivity index (χ2n) is 8.56. The van der Waals surface area contributed by atoms with Crippen LogP contribution >= 0.6 is 34.5 Å². The van der Waals surface area contributed by atoms with E-state index in [0.29, 0.717) is 15.9 Å². The van der Waals surface area contributed by atoms with Gasteiger partial charge in [-0.1, -0.05) is 47.5 Å². The molecule has 1 N–H and O–H groups in total. The Morgan fingerprint density at radius 3 is 2.54 bits per heavy atom.